The number of ether oxygens (including phenoxy) is 1. The predicted octanol–water partition coefficient (Wildman–Crippen LogP) is 4.50. The first-order chi connectivity index (χ1) is 14.8. The number of carbonyl (C=O) groups is 1. The molecule has 1 aromatic heterocycles. The third kappa shape index (κ3) is 5.81. The van der Waals surface area contributed by atoms with Crippen molar-refractivity contribution in [1.82, 2.24) is 9.97 Å². The Morgan fingerprint density at radius 2 is 1.97 bits per heavy atom. The fourth-order valence-electron chi connectivity index (χ4n) is 3.19. The summed E-state index contributed by atoms with van der Waals surface area (Å²) in [4.78, 5) is 21.2. The van der Waals surface area contributed by atoms with Gasteiger partial charge in [0, 0.05) is 24.6 Å². The van der Waals surface area contributed by atoms with Gasteiger partial charge in [-0.1, -0.05) is 42.5 Å². The first kappa shape index (κ1) is 20.4. The largest absolute Gasteiger partial charge is 0.368 e. The number of anilines is 2. The first-order valence-corrected chi connectivity index (χ1v) is 11.0. The zero-order chi connectivity index (χ0) is 20.6. The van der Waals surface area contributed by atoms with Crippen LogP contribution in [0, 0.1) is 0 Å². The van der Waals surface area contributed by atoms with Crippen molar-refractivity contribution in [1.29, 1.82) is 0 Å². The van der Waals surface area contributed by atoms with Crippen molar-refractivity contribution in [2.24, 2.45) is 0 Å². The van der Waals surface area contributed by atoms with Gasteiger partial charge >= 0.3 is 0 Å². The molecule has 1 aliphatic rings. The Morgan fingerprint density at radius 3 is 2.80 bits per heavy atom. The number of rotatable bonds is 8. The summed E-state index contributed by atoms with van der Waals surface area (Å²) in [6.45, 7) is 1.25. The van der Waals surface area contributed by atoms with E-state index in [0.717, 1.165) is 40.7 Å². The quantitative estimate of drug-likeness (QED) is 0.523. The molecule has 1 amide bonds. The molecule has 0 radical (unpaired) electrons. The van der Waals surface area contributed by atoms with Crippen LogP contribution in [0.3, 0.4) is 0 Å². The number of hydrogen-bond acceptors (Lipinski definition) is 6. The molecule has 0 saturated carbocycles. The highest BCUT2D eigenvalue weighted by molar-refractivity contribution is 7.98. The molecule has 0 spiro atoms. The fourth-order valence-corrected chi connectivity index (χ4v) is 4.00. The number of nitrogens with zero attached hydrogens (tertiary/aromatic N) is 2. The zero-order valence-electron chi connectivity index (χ0n) is 16.6. The minimum absolute atomic E-state index is 0.0772. The average molecular weight is 421 g/mol. The van der Waals surface area contributed by atoms with E-state index >= 15 is 0 Å². The van der Waals surface area contributed by atoms with Gasteiger partial charge < -0.3 is 15.4 Å². The second-order valence-corrected chi connectivity index (χ2v) is 8.06. The lowest BCUT2D eigenvalue weighted by molar-refractivity contribution is -0.124. The van der Waals surface area contributed by atoms with Crippen LogP contribution in [0.15, 0.2) is 72.0 Å². The van der Waals surface area contributed by atoms with Crippen molar-refractivity contribution in [3.8, 4) is 0 Å². The SMILES string of the molecule is O=C(Nc1cccc(CNc2cncc(SCc3ccccc3)n2)c1)C1CCCO1. The lowest BCUT2D eigenvalue weighted by Gasteiger charge is -2.12. The van der Waals surface area contributed by atoms with E-state index in [1.54, 1.807) is 24.2 Å². The molecule has 6 nitrogen and oxygen atoms in total. The van der Waals surface area contributed by atoms with Crippen LogP contribution in [0.1, 0.15) is 24.0 Å². The van der Waals surface area contributed by atoms with Crippen LogP contribution in [0.25, 0.3) is 0 Å². The maximum absolute atomic E-state index is 12.2. The second kappa shape index (κ2) is 10.2. The molecule has 7 heteroatoms. The topological polar surface area (TPSA) is 76.1 Å². The standard InChI is InChI=1S/C23H24N4O2S/c28-23(20-10-5-11-29-20)26-19-9-4-8-18(12-19)13-25-21-14-24-15-22(27-21)30-16-17-6-2-1-3-7-17/h1-4,6-9,12,14-15,20H,5,10-11,13,16H2,(H,25,27)(H,26,28). The monoisotopic (exact) mass is 420 g/mol. The summed E-state index contributed by atoms with van der Waals surface area (Å²) in [6, 6.07) is 18.1. The minimum atomic E-state index is -0.335. The summed E-state index contributed by atoms with van der Waals surface area (Å²) in [5, 5.41) is 7.13. The van der Waals surface area contributed by atoms with Crippen molar-refractivity contribution in [2.45, 2.75) is 36.3 Å². The van der Waals surface area contributed by atoms with Gasteiger partial charge in [0.25, 0.3) is 5.91 Å². The Labute approximate surface area is 180 Å². The van der Waals surface area contributed by atoms with E-state index in [2.05, 4.69) is 32.7 Å². The minimum Gasteiger partial charge on any atom is -0.368 e. The molecule has 0 bridgehead atoms. The van der Waals surface area contributed by atoms with Gasteiger partial charge in [0.1, 0.15) is 16.9 Å². The van der Waals surface area contributed by atoms with Gasteiger partial charge in [-0.15, -0.1) is 11.8 Å². The maximum Gasteiger partial charge on any atom is 0.253 e. The second-order valence-electron chi connectivity index (χ2n) is 7.06. The van der Waals surface area contributed by atoms with Crippen molar-refractivity contribution >= 4 is 29.2 Å². The molecule has 1 unspecified atom stereocenters. The third-order valence-electron chi connectivity index (χ3n) is 4.73. The van der Waals surface area contributed by atoms with Crippen molar-refractivity contribution in [3.63, 3.8) is 0 Å². The molecule has 2 N–H and O–H groups in total. The molecule has 1 atom stereocenters. The van der Waals surface area contributed by atoms with E-state index in [0.29, 0.717) is 13.2 Å². The van der Waals surface area contributed by atoms with Crippen LogP contribution >= 0.6 is 11.8 Å². The summed E-state index contributed by atoms with van der Waals surface area (Å²) in [5.41, 5.74) is 3.07. The number of nitrogens with one attached hydrogen (secondary N) is 2. The van der Waals surface area contributed by atoms with Gasteiger partial charge in [0.15, 0.2) is 0 Å². The van der Waals surface area contributed by atoms with Gasteiger partial charge in [-0.25, -0.2) is 4.98 Å². The molecule has 1 saturated heterocycles. The molecular weight excluding hydrogens is 396 g/mol. The van der Waals surface area contributed by atoms with Gasteiger partial charge in [-0.3, -0.25) is 9.78 Å². The summed E-state index contributed by atoms with van der Waals surface area (Å²) >= 11 is 1.66. The maximum atomic E-state index is 12.2. The molecular formula is C23H24N4O2S. The highest BCUT2D eigenvalue weighted by Gasteiger charge is 2.23. The molecule has 1 aliphatic heterocycles. The highest BCUT2D eigenvalue weighted by Crippen LogP contribution is 2.21. The van der Waals surface area contributed by atoms with E-state index in [1.165, 1.54) is 5.56 Å². The number of carbonyl (C=O) groups excluding carboxylic acids is 1. The van der Waals surface area contributed by atoms with Crippen molar-refractivity contribution in [2.75, 3.05) is 17.2 Å². The zero-order valence-corrected chi connectivity index (χ0v) is 17.4. The Bertz CT molecular complexity index is 978. The van der Waals surface area contributed by atoms with Crippen molar-refractivity contribution in [3.05, 3.63) is 78.1 Å². The molecule has 154 valence electrons. The summed E-state index contributed by atoms with van der Waals surface area (Å²) in [7, 11) is 0. The fraction of sp³-hybridized carbons (Fsp3) is 0.261. The van der Waals surface area contributed by atoms with E-state index < -0.39 is 0 Å². The molecule has 4 rings (SSSR count). The van der Waals surface area contributed by atoms with Gasteiger partial charge in [-0.2, -0.15) is 0 Å². The lowest BCUT2D eigenvalue weighted by Crippen LogP contribution is -2.26. The van der Waals surface area contributed by atoms with E-state index in [4.69, 9.17) is 4.74 Å². The smallest absolute Gasteiger partial charge is 0.253 e. The Kier molecular flexibility index (Phi) is 6.95. The lowest BCUT2D eigenvalue weighted by atomic mass is 10.2. The van der Waals surface area contributed by atoms with Crippen LogP contribution in [-0.2, 0) is 21.8 Å². The van der Waals surface area contributed by atoms with E-state index in [9.17, 15) is 4.79 Å². The Hall–Kier alpha value is -2.90. The van der Waals surface area contributed by atoms with Crippen LogP contribution in [-0.4, -0.2) is 28.6 Å². The molecule has 2 aromatic carbocycles. The average Bonchev–Trinajstić information content (AvgIpc) is 3.33. The van der Waals surface area contributed by atoms with Crippen LogP contribution in [0.2, 0.25) is 0 Å². The molecule has 0 aliphatic carbocycles. The highest BCUT2D eigenvalue weighted by atomic mass is 32.2. The first-order valence-electron chi connectivity index (χ1n) is 10.0. The number of hydrogen-bond donors (Lipinski definition) is 2. The molecule has 3 aromatic rings. The van der Waals surface area contributed by atoms with Gasteiger partial charge in [0.05, 0.1) is 12.4 Å². The number of thioether (sulfide) groups is 1. The third-order valence-corrected chi connectivity index (χ3v) is 5.70. The van der Waals surface area contributed by atoms with Gasteiger partial charge in [-0.05, 0) is 36.1 Å². The van der Waals surface area contributed by atoms with E-state index in [-0.39, 0.29) is 12.0 Å². The van der Waals surface area contributed by atoms with Gasteiger partial charge in [0.2, 0.25) is 0 Å². The Balaban J connectivity index is 1.31. The predicted molar refractivity (Wildman–Crippen MR) is 119 cm³/mol. The summed E-state index contributed by atoms with van der Waals surface area (Å²) in [5.74, 6) is 1.50. The van der Waals surface area contributed by atoms with Crippen LogP contribution in [0.4, 0.5) is 11.5 Å². The number of amides is 1. The van der Waals surface area contributed by atoms with E-state index in [1.807, 2.05) is 42.5 Å². The summed E-state index contributed by atoms with van der Waals surface area (Å²) < 4.78 is 5.44. The molecule has 1 fully saturated rings. The normalized spacial score (nSPS) is 15.7. The van der Waals surface area contributed by atoms with Crippen molar-refractivity contribution < 1.29 is 9.53 Å². The van der Waals surface area contributed by atoms with Crippen LogP contribution in [0.5, 0.6) is 0 Å². The number of aromatic nitrogens is 2. The molecule has 2 heterocycles. The Morgan fingerprint density at radius 1 is 1.10 bits per heavy atom. The summed E-state index contributed by atoms with van der Waals surface area (Å²) in [6.07, 6.45) is 4.88. The van der Waals surface area contributed by atoms with Crippen LogP contribution < -0.4 is 10.6 Å². The number of benzene rings is 2. The molecule has 30 heavy (non-hydrogen) atoms.